The number of nitrogens with zero attached hydrogens (tertiary/aromatic N) is 1. The van der Waals surface area contributed by atoms with Gasteiger partial charge in [-0.15, -0.1) is 0 Å². The van der Waals surface area contributed by atoms with E-state index >= 15 is 0 Å². The molecule has 1 unspecified atom stereocenters. The second-order valence-electron chi connectivity index (χ2n) is 4.35. The van der Waals surface area contributed by atoms with Crippen molar-refractivity contribution in [3.05, 3.63) is 24.3 Å². The van der Waals surface area contributed by atoms with Crippen molar-refractivity contribution in [2.45, 2.75) is 13.3 Å². The van der Waals surface area contributed by atoms with E-state index < -0.39 is 12.6 Å². The average molecular weight is 263 g/mol. The zero-order valence-electron chi connectivity index (χ0n) is 10.3. The van der Waals surface area contributed by atoms with Crippen molar-refractivity contribution in [1.82, 2.24) is 0 Å². The van der Waals surface area contributed by atoms with Gasteiger partial charge in [0.15, 0.2) is 6.61 Å². The van der Waals surface area contributed by atoms with Crippen molar-refractivity contribution in [3.63, 3.8) is 0 Å². The molecule has 0 saturated carbocycles. The fourth-order valence-corrected chi connectivity index (χ4v) is 1.89. The number of ether oxygens (including phenoxy) is 1. The molecule has 1 aliphatic rings. The van der Waals surface area contributed by atoms with Crippen molar-refractivity contribution in [2.24, 2.45) is 5.92 Å². The SMILES string of the molecule is CC1CC(=O)N(c2ccc(OCC(=O)O)cc2)C1=O. The van der Waals surface area contributed by atoms with E-state index in [9.17, 15) is 14.4 Å². The second-order valence-corrected chi connectivity index (χ2v) is 4.35. The van der Waals surface area contributed by atoms with Crippen molar-refractivity contribution in [1.29, 1.82) is 0 Å². The molecule has 0 aromatic heterocycles. The van der Waals surface area contributed by atoms with Crippen LogP contribution in [0.1, 0.15) is 13.3 Å². The first-order valence-electron chi connectivity index (χ1n) is 5.80. The predicted octanol–water partition coefficient (Wildman–Crippen LogP) is 1.05. The first-order chi connectivity index (χ1) is 8.99. The Hall–Kier alpha value is -2.37. The summed E-state index contributed by atoms with van der Waals surface area (Å²) in [6, 6.07) is 6.18. The van der Waals surface area contributed by atoms with E-state index in [1.54, 1.807) is 19.1 Å². The number of carbonyl (C=O) groups is 3. The fourth-order valence-electron chi connectivity index (χ4n) is 1.89. The van der Waals surface area contributed by atoms with E-state index in [0.29, 0.717) is 11.4 Å². The minimum Gasteiger partial charge on any atom is -0.482 e. The van der Waals surface area contributed by atoms with Crippen molar-refractivity contribution in [3.8, 4) is 5.75 Å². The summed E-state index contributed by atoms with van der Waals surface area (Å²) in [4.78, 5) is 35.0. The number of anilines is 1. The van der Waals surface area contributed by atoms with Crippen LogP contribution in [0.15, 0.2) is 24.3 Å². The smallest absolute Gasteiger partial charge is 0.341 e. The molecule has 1 N–H and O–H groups in total. The Morgan fingerprint density at radius 1 is 1.37 bits per heavy atom. The van der Waals surface area contributed by atoms with Gasteiger partial charge in [0.05, 0.1) is 5.69 Å². The quantitative estimate of drug-likeness (QED) is 0.821. The molecule has 0 radical (unpaired) electrons. The molecule has 2 rings (SSSR count). The Balaban J connectivity index is 2.12. The number of hydrogen-bond acceptors (Lipinski definition) is 4. The van der Waals surface area contributed by atoms with Crippen LogP contribution < -0.4 is 9.64 Å². The highest BCUT2D eigenvalue weighted by molar-refractivity contribution is 6.20. The first-order valence-corrected chi connectivity index (χ1v) is 5.80. The fraction of sp³-hybridized carbons (Fsp3) is 0.308. The van der Waals surface area contributed by atoms with Gasteiger partial charge in [-0.2, -0.15) is 0 Å². The monoisotopic (exact) mass is 263 g/mol. The lowest BCUT2D eigenvalue weighted by Gasteiger charge is -2.14. The molecule has 100 valence electrons. The summed E-state index contributed by atoms with van der Waals surface area (Å²) >= 11 is 0. The summed E-state index contributed by atoms with van der Waals surface area (Å²) in [7, 11) is 0. The maximum absolute atomic E-state index is 11.8. The Morgan fingerprint density at radius 2 is 2.00 bits per heavy atom. The van der Waals surface area contributed by atoms with Gasteiger partial charge >= 0.3 is 5.97 Å². The number of carboxylic acid groups (broad SMARTS) is 1. The van der Waals surface area contributed by atoms with E-state index in [2.05, 4.69) is 0 Å². The summed E-state index contributed by atoms with van der Waals surface area (Å²) in [5, 5.41) is 8.48. The Morgan fingerprint density at radius 3 is 2.47 bits per heavy atom. The zero-order valence-corrected chi connectivity index (χ0v) is 10.3. The maximum atomic E-state index is 11.8. The molecule has 1 heterocycles. The lowest BCUT2D eigenvalue weighted by Crippen LogP contribution is -2.29. The summed E-state index contributed by atoms with van der Waals surface area (Å²) in [5.74, 6) is -1.43. The van der Waals surface area contributed by atoms with Crippen molar-refractivity contribution < 1.29 is 24.2 Å². The molecule has 1 saturated heterocycles. The van der Waals surface area contributed by atoms with Crippen LogP contribution in [0.5, 0.6) is 5.75 Å². The van der Waals surface area contributed by atoms with Gasteiger partial charge in [-0.05, 0) is 24.3 Å². The molecule has 0 spiro atoms. The highest BCUT2D eigenvalue weighted by Crippen LogP contribution is 2.27. The number of benzene rings is 1. The van der Waals surface area contributed by atoms with Gasteiger partial charge in [-0.3, -0.25) is 14.5 Å². The maximum Gasteiger partial charge on any atom is 0.341 e. The van der Waals surface area contributed by atoms with Crippen LogP contribution in [-0.4, -0.2) is 29.5 Å². The van der Waals surface area contributed by atoms with E-state index in [1.807, 2.05) is 0 Å². The molecule has 19 heavy (non-hydrogen) atoms. The highest BCUT2D eigenvalue weighted by Gasteiger charge is 2.36. The van der Waals surface area contributed by atoms with Crippen LogP contribution >= 0.6 is 0 Å². The summed E-state index contributed by atoms with van der Waals surface area (Å²) < 4.78 is 4.97. The van der Waals surface area contributed by atoms with Gasteiger partial charge in [0.2, 0.25) is 11.8 Å². The van der Waals surface area contributed by atoms with Crippen LogP contribution in [0.25, 0.3) is 0 Å². The number of rotatable bonds is 4. The van der Waals surface area contributed by atoms with E-state index in [0.717, 1.165) is 4.90 Å². The number of hydrogen-bond donors (Lipinski definition) is 1. The zero-order chi connectivity index (χ0) is 14.0. The van der Waals surface area contributed by atoms with Crippen LogP contribution in [0.4, 0.5) is 5.69 Å². The van der Waals surface area contributed by atoms with Crippen molar-refractivity contribution >= 4 is 23.5 Å². The third-order valence-electron chi connectivity index (χ3n) is 2.83. The Labute approximate surface area is 109 Å². The minimum absolute atomic E-state index is 0.218. The molecule has 1 fully saturated rings. The summed E-state index contributed by atoms with van der Waals surface area (Å²) in [6.07, 6.45) is 0.218. The van der Waals surface area contributed by atoms with E-state index in [4.69, 9.17) is 9.84 Å². The standard InChI is InChI=1S/C13H13NO5/c1-8-6-11(15)14(13(8)18)9-2-4-10(5-3-9)19-7-12(16)17/h2-5,8H,6-7H2,1H3,(H,16,17). The van der Waals surface area contributed by atoms with Crippen molar-refractivity contribution in [2.75, 3.05) is 11.5 Å². The third-order valence-corrected chi connectivity index (χ3v) is 2.83. The van der Waals surface area contributed by atoms with Crippen LogP contribution in [0.2, 0.25) is 0 Å². The molecule has 0 bridgehead atoms. The van der Waals surface area contributed by atoms with Gasteiger partial charge in [-0.25, -0.2) is 4.79 Å². The van der Waals surface area contributed by atoms with Gasteiger partial charge in [0, 0.05) is 12.3 Å². The Bertz CT molecular complexity index is 522. The van der Waals surface area contributed by atoms with E-state index in [1.165, 1.54) is 12.1 Å². The van der Waals surface area contributed by atoms with E-state index in [-0.39, 0.29) is 24.2 Å². The molecule has 1 atom stereocenters. The Kier molecular flexibility index (Phi) is 3.50. The molecule has 0 aliphatic carbocycles. The van der Waals surface area contributed by atoms with Gasteiger partial charge in [-0.1, -0.05) is 6.92 Å². The van der Waals surface area contributed by atoms with Gasteiger partial charge < -0.3 is 9.84 Å². The topological polar surface area (TPSA) is 83.9 Å². The summed E-state index contributed by atoms with van der Waals surface area (Å²) in [6.45, 7) is 1.28. The van der Waals surface area contributed by atoms with Crippen LogP contribution in [0.3, 0.4) is 0 Å². The average Bonchev–Trinajstić information content (AvgIpc) is 2.62. The number of amides is 2. The first kappa shape index (κ1) is 13.1. The largest absolute Gasteiger partial charge is 0.482 e. The number of carbonyl (C=O) groups excluding carboxylic acids is 2. The summed E-state index contributed by atoms with van der Waals surface area (Å²) in [5.41, 5.74) is 0.474. The minimum atomic E-state index is -1.07. The molecular formula is C13H13NO5. The predicted molar refractivity (Wildman–Crippen MR) is 65.8 cm³/mol. The molecule has 1 aliphatic heterocycles. The molecule has 6 nitrogen and oxygen atoms in total. The molecule has 1 aromatic carbocycles. The molecular weight excluding hydrogens is 250 g/mol. The van der Waals surface area contributed by atoms with Crippen LogP contribution in [-0.2, 0) is 14.4 Å². The lowest BCUT2D eigenvalue weighted by molar-refractivity contribution is -0.139. The number of imide groups is 1. The third kappa shape index (κ3) is 2.73. The number of carboxylic acids is 1. The lowest BCUT2D eigenvalue weighted by atomic mass is 10.1. The molecule has 1 aromatic rings. The second kappa shape index (κ2) is 5.09. The van der Waals surface area contributed by atoms with Gasteiger partial charge in [0.1, 0.15) is 5.75 Å². The number of aliphatic carboxylic acids is 1. The molecule has 6 heteroatoms. The van der Waals surface area contributed by atoms with Gasteiger partial charge in [0.25, 0.3) is 0 Å². The highest BCUT2D eigenvalue weighted by atomic mass is 16.5. The van der Waals surface area contributed by atoms with Crippen LogP contribution in [0, 0.1) is 5.92 Å². The normalized spacial score (nSPS) is 18.8. The molecule has 2 amide bonds.